The number of hydrogen-bond donors (Lipinski definition) is 0. The molecule has 0 radical (unpaired) electrons. The van der Waals surface area contributed by atoms with Crippen molar-refractivity contribution in [2.75, 3.05) is 0 Å². The van der Waals surface area contributed by atoms with E-state index in [1.807, 2.05) is 0 Å². The zero-order valence-corrected chi connectivity index (χ0v) is 16.3. The van der Waals surface area contributed by atoms with E-state index in [2.05, 4.69) is 58.1 Å². The van der Waals surface area contributed by atoms with Crippen LogP contribution in [0.1, 0.15) is 39.0 Å². The van der Waals surface area contributed by atoms with Gasteiger partial charge in [-0.1, -0.05) is 58.7 Å². The van der Waals surface area contributed by atoms with Crippen molar-refractivity contribution in [2.45, 2.75) is 58.7 Å². The summed E-state index contributed by atoms with van der Waals surface area (Å²) >= 11 is 3.62. The zero-order chi connectivity index (χ0) is 11.4. The van der Waals surface area contributed by atoms with Crippen molar-refractivity contribution in [3.05, 3.63) is 11.8 Å². The van der Waals surface area contributed by atoms with E-state index in [9.17, 15) is 0 Å². The third kappa shape index (κ3) is 19.0. The Morgan fingerprint density at radius 1 is 1.14 bits per heavy atom. The molecule has 0 aliphatic carbocycles. The van der Waals surface area contributed by atoms with E-state index >= 15 is 0 Å². The standard InChI is InChI=1S/C11H23Si.HI.Zn/c1-5-6-7-8-9-10-11-12(2,3)4;;/h10H,5-9H2,1-4H3;1H;/q-1;;+2/p-1. The van der Waals surface area contributed by atoms with Crippen LogP contribution in [0.25, 0.3) is 0 Å². The average Bonchev–Trinajstić information content (AvgIpc) is 2.13. The first kappa shape index (κ1) is 17.7. The summed E-state index contributed by atoms with van der Waals surface area (Å²) in [6.07, 6.45) is 8.97. The average molecular weight is 376 g/mol. The van der Waals surface area contributed by atoms with Crippen molar-refractivity contribution < 1.29 is 14.8 Å². The Bertz CT molecular complexity index is 130. The Morgan fingerprint density at radius 3 is 2.14 bits per heavy atom. The summed E-state index contributed by atoms with van der Waals surface area (Å²) in [6.45, 7) is 9.24. The molecule has 14 heavy (non-hydrogen) atoms. The third-order valence-electron chi connectivity index (χ3n) is 1.74. The van der Waals surface area contributed by atoms with Crippen LogP contribution in [0.4, 0.5) is 0 Å². The van der Waals surface area contributed by atoms with Gasteiger partial charge in [0, 0.05) is 0 Å². The van der Waals surface area contributed by atoms with Crippen LogP contribution in [-0.2, 0) is 14.8 Å². The molecule has 0 spiro atoms. The molecule has 3 heteroatoms. The Balaban J connectivity index is 0. The molecule has 0 rings (SSSR count). The maximum atomic E-state index is 3.51. The van der Waals surface area contributed by atoms with E-state index in [1.54, 1.807) is 0 Å². The quantitative estimate of drug-likeness (QED) is 0.263. The Morgan fingerprint density at radius 2 is 1.71 bits per heavy atom. The number of allylic oxidation sites excluding steroid dienone is 1. The molecule has 0 amide bonds. The summed E-state index contributed by atoms with van der Waals surface area (Å²) in [5.74, 6) is 0. The van der Waals surface area contributed by atoms with Gasteiger partial charge in [0.1, 0.15) is 0 Å². The molecule has 0 unspecified atom stereocenters. The van der Waals surface area contributed by atoms with Crippen LogP contribution in [0, 0.1) is 5.70 Å². The number of hydrogen-bond acceptors (Lipinski definition) is 0. The molecule has 0 bridgehead atoms. The fraction of sp³-hybridized carbons (Fsp3) is 0.818. The van der Waals surface area contributed by atoms with Crippen LogP contribution in [0.3, 0.4) is 0 Å². The van der Waals surface area contributed by atoms with Crippen molar-refractivity contribution in [1.29, 1.82) is 0 Å². The molecule has 0 aromatic rings. The van der Waals surface area contributed by atoms with Gasteiger partial charge in [0.15, 0.2) is 0 Å². The normalized spacial score (nSPS) is 11.4. The first-order chi connectivity index (χ1) is 6.56. The van der Waals surface area contributed by atoms with Crippen molar-refractivity contribution in [1.82, 2.24) is 0 Å². The summed E-state index contributed by atoms with van der Waals surface area (Å²) in [7, 11) is -1.03. The molecular weight excluding hydrogens is 353 g/mol. The van der Waals surface area contributed by atoms with Crippen LogP contribution in [0.5, 0.6) is 0 Å². The first-order valence-electron chi connectivity index (χ1n) is 5.42. The number of rotatable bonds is 6. The second-order valence-corrected chi connectivity index (χ2v) is 9.24. The van der Waals surface area contributed by atoms with Crippen molar-refractivity contribution in [2.24, 2.45) is 0 Å². The van der Waals surface area contributed by atoms with E-state index in [1.165, 1.54) is 46.9 Å². The van der Waals surface area contributed by atoms with Gasteiger partial charge in [0.05, 0.1) is 0 Å². The van der Waals surface area contributed by atoms with Gasteiger partial charge in [0.2, 0.25) is 0 Å². The van der Waals surface area contributed by atoms with Gasteiger partial charge in [-0.3, -0.25) is 6.08 Å². The summed E-state index contributed by atoms with van der Waals surface area (Å²) < 4.78 is 0. The molecular formula is C11H23ISiZn. The van der Waals surface area contributed by atoms with Crippen molar-refractivity contribution in [3.63, 3.8) is 0 Å². The summed E-state index contributed by atoms with van der Waals surface area (Å²) in [5.41, 5.74) is 3.51. The van der Waals surface area contributed by atoms with Crippen molar-refractivity contribution in [3.8, 4) is 0 Å². The fourth-order valence-corrected chi connectivity index (χ4v) is 1.81. The summed E-state index contributed by atoms with van der Waals surface area (Å²) in [4.78, 5) is 0. The van der Waals surface area contributed by atoms with Gasteiger partial charge in [-0.2, -0.15) is 0 Å². The number of unbranched alkanes of at least 4 members (excludes halogenated alkanes) is 4. The molecule has 0 aromatic carbocycles. The molecule has 0 fully saturated rings. The van der Waals surface area contributed by atoms with E-state index in [-0.39, 0.29) is 0 Å². The van der Waals surface area contributed by atoms with Crippen molar-refractivity contribution >= 4 is 27.8 Å². The maximum absolute atomic E-state index is 3.51. The molecule has 80 valence electrons. The van der Waals surface area contributed by atoms with Crippen LogP contribution in [-0.4, -0.2) is 8.07 Å². The molecule has 0 aliphatic rings. The Kier molecular flexibility index (Phi) is 15.6. The van der Waals surface area contributed by atoms with E-state index in [0.717, 1.165) is 0 Å². The molecule has 0 saturated heterocycles. The molecule has 0 N–H and O–H groups in total. The predicted molar refractivity (Wildman–Crippen MR) is 73.9 cm³/mol. The molecule has 0 aliphatic heterocycles. The fourth-order valence-electron chi connectivity index (χ4n) is 1.05. The van der Waals surface area contributed by atoms with E-state index in [4.69, 9.17) is 0 Å². The second kappa shape index (κ2) is 12.4. The minimum atomic E-state index is -1.03. The van der Waals surface area contributed by atoms with E-state index < -0.39 is 8.07 Å². The van der Waals surface area contributed by atoms with Gasteiger partial charge in [-0.25, -0.2) is 0 Å². The predicted octanol–water partition coefficient (Wildman–Crippen LogP) is 5.08. The van der Waals surface area contributed by atoms with Gasteiger partial charge in [0.25, 0.3) is 0 Å². The van der Waals surface area contributed by atoms with Gasteiger partial charge in [-0.15, -0.1) is 8.07 Å². The van der Waals surface area contributed by atoms with Crippen LogP contribution in [0.2, 0.25) is 19.6 Å². The first-order valence-corrected chi connectivity index (χ1v) is 18.0. The van der Waals surface area contributed by atoms with E-state index in [0.29, 0.717) is 0 Å². The number of halogens is 1. The van der Waals surface area contributed by atoms with Gasteiger partial charge in [-0.05, 0) is 0 Å². The summed E-state index contributed by atoms with van der Waals surface area (Å²) in [5, 5.41) is 0. The molecule has 0 heterocycles. The zero-order valence-electron chi connectivity index (χ0n) is 10.2. The van der Waals surface area contributed by atoms with Gasteiger partial charge < -0.3 is 5.70 Å². The molecule has 0 atom stereocenters. The van der Waals surface area contributed by atoms with Crippen LogP contribution in [0.15, 0.2) is 6.08 Å². The van der Waals surface area contributed by atoms with Crippen LogP contribution < -0.4 is 0 Å². The monoisotopic (exact) mass is 374 g/mol. The SMILES string of the molecule is CCCCCCC=[C-][Si](C)(C)C.[Zn+][I]. The Labute approximate surface area is 112 Å². The Hall–Kier alpha value is 1.31. The molecule has 0 saturated carbocycles. The summed E-state index contributed by atoms with van der Waals surface area (Å²) in [6, 6.07) is 0. The molecule has 0 aromatic heterocycles. The minimum absolute atomic E-state index is 1.03. The second-order valence-electron chi connectivity index (χ2n) is 4.45. The van der Waals surface area contributed by atoms with Crippen LogP contribution >= 0.6 is 19.8 Å². The topological polar surface area (TPSA) is 0 Å². The van der Waals surface area contributed by atoms with Gasteiger partial charge >= 0.3 is 34.5 Å². The third-order valence-corrected chi connectivity index (χ3v) is 2.81. The molecule has 0 nitrogen and oxygen atoms in total.